The van der Waals surface area contributed by atoms with Gasteiger partial charge in [-0.15, -0.1) is 11.3 Å². The molecule has 0 unspecified atom stereocenters. The number of rotatable bonds is 4. The summed E-state index contributed by atoms with van der Waals surface area (Å²) in [6.07, 6.45) is -4.20. The van der Waals surface area contributed by atoms with Crippen LogP contribution in [0.15, 0.2) is 15.2 Å². The number of carbonyl (C=O) groups excluding carboxylic acids is 1. The number of thiophene rings is 1. The molecule has 7 heteroatoms. The van der Waals surface area contributed by atoms with E-state index in [1.54, 1.807) is 0 Å². The molecule has 1 aliphatic rings. The van der Waals surface area contributed by atoms with E-state index in [2.05, 4.69) is 15.9 Å². The van der Waals surface area contributed by atoms with Crippen LogP contribution < -0.4 is 0 Å². The van der Waals surface area contributed by atoms with Crippen LogP contribution in [0.25, 0.3) is 0 Å². The van der Waals surface area contributed by atoms with Crippen LogP contribution in [0, 0.1) is 0 Å². The largest absolute Gasteiger partial charge is 0.397 e. The van der Waals surface area contributed by atoms with Crippen LogP contribution in [-0.4, -0.2) is 23.0 Å². The number of hydrogen-bond donors (Lipinski definition) is 0. The van der Waals surface area contributed by atoms with Gasteiger partial charge in [-0.1, -0.05) is 0 Å². The summed E-state index contributed by atoms with van der Waals surface area (Å²) in [5.41, 5.74) is 0.870. The van der Waals surface area contributed by atoms with Gasteiger partial charge in [0.2, 0.25) is 5.91 Å². The third kappa shape index (κ3) is 3.98. The number of nitrogens with zero attached hydrogens (tertiary/aromatic N) is 1. The number of halogens is 4. The van der Waals surface area contributed by atoms with Gasteiger partial charge in [0, 0.05) is 12.6 Å². The smallest absolute Gasteiger partial charge is 0.335 e. The van der Waals surface area contributed by atoms with Crippen LogP contribution >= 0.6 is 27.3 Å². The lowest BCUT2D eigenvalue weighted by Crippen LogP contribution is -2.35. The Bertz CT molecular complexity index is 442. The van der Waals surface area contributed by atoms with Crippen LogP contribution in [0.4, 0.5) is 13.2 Å². The molecule has 2 rings (SSSR count). The van der Waals surface area contributed by atoms with Gasteiger partial charge in [-0.3, -0.25) is 4.79 Å². The predicted octanol–water partition coefficient (Wildman–Crippen LogP) is 3.95. The maximum absolute atomic E-state index is 12.2. The van der Waals surface area contributed by atoms with Crippen LogP contribution in [0.5, 0.6) is 0 Å². The SMILES string of the molecule is O=C(CC(F)(F)F)N(Cc1csc(Br)c1)C1CC1. The van der Waals surface area contributed by atoms with Gasteiger partial charge in [0.1, 0.15) is 6.42 Å². The Morgan fingerprint density at radius 3 is 2.61 bits per heavy atom. The number of carbonyl (C=O) groups is 1. The highest BCUT2D eigenvalue weighted by molar-refractivity contribution is 9.11. The minimum atomic E-state index is -4.43. The average molecular weight is 342 g/mol. The molecule has 1 aliphatic carbocycles. The molecule has 0 spiro atoms. The van der Waals surface area contributed by atoms with Crippen molar-refractivity contribution >= 4 is 33.2 Å². The fraction of sp³-hybridized carbons (Fsp3) is 0.545. The summed E-state index contributed by atoms with van der Waals surface area (Å²) >= 11 is 4.76. The van der Waals surface area contributed by atoms with Gasteiger partial charge in [-0.2, -0.15) is 13.2 Å². The van der Waals surface area contributed by atoms with E-state index in [-0.39, 0.29) is 12.6 Å². The minimum Gasteiger partial charge on any atom is -0.335 e. The predicted molar refractivity (Wildman–Crippen MR) is 66.3 cm³/mol. The fourth-order valence-corrected chi connectivity index (χ4v) is 2.91. The zero-order chi connectivity index (χ0) is 13.3. The molecule has 1 fully saturated rings. The lowest BCUT2D eigenvalue weighted by atomic mass is 10.2. The first-order valence-electron chi connectivity index (χ1n) is 5.44. The highest BCUT2D eigenvalue weighted by Gasteiger charge is 2.38. The molecule has 100 valence electrons. The summed E-state index contributed by atoms with van der Waals surface area (Å²) in [5.74, 6) is -0.827. The summed E-state index contributed by atoms with van der Waals surface area (Å²) in [6, 6.07) is 1.82. The van der Waals surface area contributed by atoms with Crippen LogP contribution in [0.1, 0.15) is 24.8 Å². The van der Waals surface area contributed by atoms with E-state index >= 15 is 0 Å². The van der Waals surface area contributed by atoms with Crippen molar-refractivity contribution in [2.45, 2.75) is 38.0 Å². The Hall–Kier alpha value is -0.560. The minimum absolute atomic E-state index is 0.0153. The second-order valence-corrected chi connectivity index (χ2v) is 6.59. The van der Waals surface area contributed by atoms with Crippen molar-refractivity contribution in [3.8, 4) is 0 Å². The summed E-state index contributed by atoms with van der Waals surface area (Å²) in [6.45, 7) is 0.266. The van der Waals surface area contributed by atoms with Crippen molar-refractivity contribution in [1.29, 1.82) is 0 Å². The van der Waals surface area contributed by atoms with Gasteiger partial charge in [-0.25, -0.2) is 0 Å². The quantitative estimate of drug-likeness (QED) is 0.811. The summed E-state index contributed by atoms with van der Waals surface area (Å²) in [5, 5.41) is 1.85. The highest BCUT2D eigenvalue weighted by Crippen LogP contribution is 2.32. The van der Waals surface area contributed by atoms with Crippen molar-refractivity contribution in [1.82, 2.24) is 4.90 Å². The van der Waals surface area contributed by atoms with Crippen LogP contribution in [0.2, 0.25) is 0 Å². The van der Waals surface area contributed by atoms with Crippen LogP contribution in [-0.2, 0) is 11.3 Å². The van der Waals surface area contributed by atoms with E-state index in [0.717, 1.165) is 22.2 Å². The zero-order valence-corrected chi connectivity index (χ0v) is 11.7. The Balaban J connectivity index is 2.02. The molecule has 0 aliphatic heterocycles. The first kappa shape index (κ1) is 13.9. The Morgan fingerprint density at radius 1 is 1.50 bits per heavy atom. The first-order chi connectivity index (χ1) is 8.35. The lowest BCUT2D eigenvalue weighted by Gasteiger charge is -2.22. The van der Waals surface area contributed by atoms with Gasteiger partial charge in [0.05, 0.1) is 3.79 Å². The molecule has 0 bridgehead atoms. The molecule has 1 aromatic heterocycles. The van der Waals surface area contributed by atoms with Crippen molar-refractivity contribution in [3.63, 3.8) is 0 Å². The van der Waals surface area contributed by atoms with E-state index in [9.17, 15) is 18.0 Å². The standard InChI is InChI=1S/C11H11BrF3NOS/c12-9-3-7(6-18-9)5-16(8-1-2-8)10(17)4-11(13,14)15/h3,6,8H,1-2,4-5H2. The van der Waals surface area contributed by atoms with Gasteiger partial charge in [0.15, 0.2) is 0 Å². The third-order valence-corrected chi connectivity index (χ3v) is 4.19. The molecule has 1 aromatic rings. The van der Waals surface area contributed by atoms with E-state index in [0.29, 0.717) is 0 Å². The van der Waals surface area contributed by atoms with Gasteiger partial charge >= 0.3 is 6.18 Å². The second-order valence-electron chi connectivity index (χ2n) is 4.30. The molecular weight excluding hydrogens is 331 g/mol. The van der Waals surface area contributed by atoms with E-state index < -0.39 is 18.5 Å². The number of alkyl halides is 3. The van der Waals surface area contributed by atoms with Gasteiger partial charge in [-0.05, 0) is 45.8 Å². The third-order valence-electron chi connectivity index (χ3n) is 2.63. The molecule has 0 saturated heterocycles. The molecule has 0 N–H and O–H groups in total. The molecule has 0 atom stereocenters. The topological polar surface area (TPSA) is 20.3 Å². The molecule has 1 amide bonds. The van der Waals surface area contributed by atoms with E-state index in [1.165, 1.54) is 16.2 Å². The average Bonchev–Trinajstić information content (AvgIpc) is 2.97. The summed E-state index contributed by atoms with van der Waals surface area (Å²) in [4.78, 5) is 13.0. The molecule has 18 heavy (non-hydrogen) atoms. The summed E-state index contributed by atoms with van der Waals surface area (Å²) < 4.78 is 37.6. The van der Waals surface area contributed by atoms with E-state index in [1.807, 2.05) is 11.4 Å². The van der Waals surface area contributed by atoms with Gasteiger partial charge in [0.25, 0.3) is 0 Å². The highest BCUT2D eigenvalue weighted by atomic mass is 79.9. The lowest BCUT2D eigenvalue weighted by molar-refractivity contribution is -0.162. The molecular formula is C11H11BrF3NOS. The molecule has 1 heterocycles. The van der Waals surface area contributed by atoms with Crippen molar-refractivity contribution in [2.75, 3.05) is 0 Å². The maximum Gasteiger partial charge on any atom is 0.397 e. The second kappa shape index (κ2) is 5.21. The normalized spacial score (nSPS) is 15.8. The van der Waals surface area contributed by atoms with Gasteiger partial charge < -0.3 is 4.90 Å². The van der Waals surface area contributed by atoms with E-state index in [4.69, 9.17) is 0 Å². The first-order valence-corrected chi connectivity index (χ1v) is 7.11. The fourth-order valence-electron chi connectivity index (χ4n) is 1.71. The monoisotopic (exact) mass is 341 g/mol. The Labute approximate surface area is 115 Å². The van der Waals surface area contributed by atoms with Crippen molar-refractivity contribution in [3.05, 3.63) is 20.8 Å². The van der Waals surface area contributed by atoms with Crippen LogP contribution in [0.3, 0.4) is 0 Å². The molecule has 0 radical (unpaired) electrons. The van der Waals surface area contributed by atoms with Crippen molar-refractivity contribution in [2.24, 2.45) is 0 Å². The molecule has 1 saturated carbocycles. The molecule has 0 aromatic carbocycles. The number of hydrogen-bond acceptors (Lipinski definition) is 2. The maximum atomic E-state index is 12.2. The Morgan fingerprint density at radius 2 is 2.17 bits per heavy atom. The zero-order valence-electron chi connectivity index (χ0n) is 9.34. The Kier molecular flexibility index (Phi) is 4.01. The molecule has 2 nitrogen and oxygen atoms in total. The summed E-state index contributed by atoms with van der Waals surface area (Å²) in [7, 11) is 0. The number of amides is 1. The van der Waals surface area contributed by atoms with Crippen molar-refractivity contribution < 1.29 is 18.0 Å².